The van der Waals surface area contributed by atoms with Crippen LogP contribution in [0.2, 0.25) is 0 Å². The molecule has 0 radical (unpaired) electrons. The van der Waals surface area contributed by atoms with Gasteiger partial charge in [-0.1, -0.05) is 19.1 Å². The molecular weight excluding hydrogens is 346 g/mol. The molecule has 0 aliphatic carbocycles. The molecule has 1 aliphatic heterocycles. The van der Waals surface area contributed by atoms with Crippen molar-refractivity contribution in [2.24, 2.45) is 0 Å². The molecule has 140 valence electrons. The fourth-order valence-corrected chi connectivity index (χ4v) is 4.46. The summed E-state index contributed by atoms with van der Waals surface area (Å²) in [5, 5.41) is 2.14. The van der Waals surface area contributed by atoms with Crippen LogP contribution in [0.25, 0.3) is 0 Å². The molecule has 2 aromatic rings. The van der Waals surface area contributed by atoms with Gasteiger partial charge in [0.05, 0.1) is 19.3 Å². The Kier molecular flexibility index (Phi) is 6.56. The van der Waals surface area contributed by atoms with Crippen LogP contribution in [0.4, 0.5) is 0 Å². The van der Waals surface area contributed by atoms with Crippen LogP contribution in [0.3, 0.4) is 0 Å². The van der Waals surface area contributed by atoms with Crippen molar-refractivity contribution in [3.63, 3.8) is 0 Å². The van der Waals surface area contributed by atoms with E-state index in [9.17, 15) is 4.79 Å². The van der Waals surface area contributed by atoms with Crippen LogP contribution in [0, 0.1) is 0 Å². The Labute approximate surface area is 159 Å². The molecule has 0 bridgehead atoms. The first-order valence-electron chi connectivity index (χ1n) is 9.45. The molecule has 1 amide bonds. The maximum Gasteiger partial charge on any atom is 0.223 e. The summed E-state index contributed by atoms with van der Waals surface area (Å²) in [6, 6.07) is 10.1. The van der Waals surface area contributed by atoms with Gasteiger partial charge in [-0.3, -0.25) is 4.79 Å². The van der Waals surface area contributed by atoms with Gasteiger partial charge in [-0.15, -0.1) is 11.3 Å². The van der Waals surface area contributed by atoms with Crippen LogP contribution < -0.4 is 9.47 Å². The van der Waals surface area contributed by atoms with Crippen molar-refractivity contribution in [2.75, 3.05) is 19.8 Å². The predicted octanol–water partition coefficient (Wildman–Crippen LogP) is 4.84. The molecule has 26 heavy (non-hydrogen) atoms. The van der Waals surface area contributed by atoms with E-state index in [4.69, 9.17) is 9.47 Å². The number of hydrogen-bond acceptors (Lipinski definition) is 4. The second kappa shape index (κ2) is 9.08. The fourth-order valence-electron chi connectivity index (χ4n) is 3.53. The van der Waals surface area contributed by atoms with Crippen molar-refractivity contribution in [1.82, 2.24) is 4.90 Å². The highest BCUT2D eigenvalue weighted by Gasteiger charge is 2.29. The number of benzene rings is 1. The molecule has 1 unspecified atom stereocenters. The Hall–Kier alpha value is -2.01. The average molecular weight is 374 g/mol. The van der Waals surface area contributed by atoms with E-state index in [0.717, 1.165) is 30.9 Å². The van der Waals surface area contributed by atoms with Gasteiger partial charge in [-0.25, -0.2) is 0 Å². The third-order valence-corrected chi connectivity index (χ3v) is 5.74. The van der Waals surface area contributed by atoms with Crippen LogP contribution in [0.1, 0.15) is 49.6 Å². The SMILES string of the molecule is CCOc1ccccc1OCCCC(=O)N1CCc2sccc2C1CC. The lowest BCUT2D eigenvalue weighted by molar-refractivity contribution is -0.134. The lowest BCUT2D eigenvalue weighted by Crippen LogP contribution is -2.39. The lowest BCUT2D eigenvalue weighted by Gasteiger charge is -2.35. The average Bonchev–Trinajstić information content (AvgIpc) is 3.14. The van der Waals surface area contributed by atoms with E-state index in [-0.39, 0.29) is 11.9 Å². The lowest BCUT2D eigenvalue weighted by atomic mass is 9.97. The van der Waals surface area contributed by atoms with Crippen molar-refractivity contribution in [3.8, 4) is 11.5 Å². The smallest absolute Gasteiger partial charge is 0.223 e. The second-order valence-electron chi connectivity index (χ2n) is 6.39. The van der Waals surface area contributed by atoms with E-state index >= 15 is 0 Å². The van der Waals surface area contributed by atoms with Gasteiger partial charge >= 0.3 is 0 Å². The predicted molar refractivity (Wildman–Crippen MR) is 105 cm³/mol. The third-order valence-electron chi connectivity index (χ3n) is 4.74. The summed E-state index contributed by atoms with van der Waals surface area (Å²) >= 11 is 1.81. The Morgan fingerprint density at radius 3 is 2.69 bits per heavy atom. The minimum Gasteiger partial charge on any atom is -0.490 e. The third kappa shape index (κ3) is 4.21. The van der Waals surface area contributed by atoms with Crippen molar-refractivity contribution in [3.05, 3.63) is 46.2 Å². The van der Waals surface area contributed by atoms with E-state index in [1.165, 1.54) is 10.4 Å². The molecule has 0 spiro atoms. The molecule has 4 nitrogen and oxygen atoms in total. The molecular formula is C21H27NO3S. The summed E-state index contributed by atoms with van der Waals surface area (Å²) in [6.45, 7) is 6.07. The zero-order valence-electron chi connectivity index (χ0n) is 15.6. The van der Waals surface area contributed by atoms with Crippen LogP contribution in [0.15, 0.2) is 35.7 Å². The number of fused-ring (bicyclic) bond motifs is 1. The van der Waals surface area contributed by atoms with Crippen LogP contribution in [-0.4, -0.2) is 30.6 Å². The number of rotatable bonds is 8. The maximum absolute atomic E-state index is 12.7. The number of para-hydroxylation sites is 2. The maximum atomic E-state index is 12.7. The normalized spacial score (nSPS) is 16.2. The van der Waals surface area contributed by atoms with Gasteiger partial charge in [-0.2, -0.15) is 0 Å². The number of nitrogens with zero attached hydrogens (tertiary/aromatic N) is 1. The molecule has 0 N–H and O–H groups in total. The van der Waals surface area contributed by atoms with Gasteiger partial charge < -0.3 is 14.4 Å². The first-order valence-corrected chi connectivity index (χ1v) is 10.3. The summed E-state index contributed by atoms with van der Waals surface area (Å²) in [5.74, 6) is 1.73. The molecule has 3 rings (SSSR count). The molecule has 1 aromatic heterocycles. The number of carbonyl (C=O) groups is 1. The molecule has 0 fully saturated rings. The topological polar surface area (TPSA) is 38.8 Å². The number of hydrogen-bond donors (Lipinski definition) is 0. The van der Waals surface area contributed by atoms with Gasteiger partial charge in [0.25, 0.3) is 0 Å². The second-order valence-corrected chi connectivity index (χ2v) is 7.39. The summed E-state index contributed by atoms with van der Waals surface area (Å²) < 4.78 is 11.4. The molecule has 0 saturated carbocycles. The van der Waals surface area contributed by atoms with Crippen LogP contribution >= 0.6 is 11.3 Å². The minimum absolute atomic E-state index is 0.232. The highest BCUT2D eigenvalue weighted by Crippen LogP contribution is 2.35. The number of amides is 1. The van der Waals surface area contributed by atoms with Crippen LogP contribution in [0.5, 0.6) is 11.5 Å². The Bertz CT molecular complexity index is 728. The molecule has 1 aliphatic rings. The number of ether oxygens (including phenoxy) is 2. The largest absolute Gasteiger partial charge is 0.490 e. The van der Waals surface area contributed by atoms with Crippen molar-refractivity contribution >= 4 is 17.2 Å². The summed E-state index contributed by atoms with van der Waals surface area (Å²) in [6.07, 6.45) is 3.18. The van der Waals surface area contributed by atoms with Crippen molar-refractivity contribution in [2.45, 2.75) is 45.6 Å². The van der Waals surface area contributed by atoms with Crippen molar-refractivity contribution < 1.29 is 14.3 Å². The fraction of sp³-hybridized carbons (Fsp3) is 0.476. The van der Waals surface area contributed by atoms with Gasteiger partial charge in [0, 0.05) is 17.8 Å². The Balaban J connectivity index is 1.50. The first-order chi connectivity index (χ1) is 12.7. The van der Waals surface area contributed by atoms with Crippen molar-refractivity contribution in [1.29, 1.82) is 0 Å². The highest BCUT2D eigenvalue weighted by atomic mass is 32.1. The van der Waals surface area contributed by atoms with E-state index in [0.29, 0.717) is 26.1 Å². The minimum atomic E-state index is 0.232. The zero-order chi connectivity index (χ0) is 18.4. The van der Waals surface area contributed by atoms with Gasteiger partial charge in [0.15, 0.2) is 11.5 Å². The van der Waals surface area contributed by atoms with E-state index in [2.05, 4.69) is 23.3 Å². The van der Waals surface area contributed by atoms with E-state index in [1.807, 2.05) is 42.5 Å². The standard InChI is InChI=1S/C21H27NO3S/c1-3-17-16-12-15-26-20(16)11-13-22(17)21(23)10-7-14-25-19-9-6-5-8-18(19)24-4-2/h5-6,8-9,12,15,17H,3-4,7,10-11,13-14H2,1-2H3. The molecule has 0 saturated heterocycles. The zero-order valence-corrected chi connectivity index (χ0v) is 16.4. The monoisotopic (exact) mass is 373 g/mol. The molecule has 1 aromatic carbocycles. The van der Waals surface area contributed by atoms with E-state index < -0.39 is 0 Å². The summed E-state index contributed by atoms with van der Waals surface area (Å²) in [4.78, 5) is 16.2. The molecule has 1 atom stereocenters. The van der Waals surface area contributed by atoms with E-state index in [1.54, 1.807) is 0 Å². The first kappa shape index (κ1) is 18.8. The summed E-state index contributed by atoms with van der Waals surface area (Å²) in [7, 11) is 0. The Morgan fingerprint density at radius 1 is 1.19 bits per heavy atom. The van der Waals surface area contributed by atoms with Gasteiger partial charge in [-0.05, 0) is 55.3 Å². The van der Waals surface area contributed by atoms with Crippen LogP contribution in [-0.2, 0) is 11.2 Å². The quantitative estimate of drug-likeness (QED) is 0.622. The van der Waals surface area contributed by atoms with Gasteiger partial charge in [0.2, 0.25) is 5.91 Å². The van der Waals surface area contributed by atoms with Gasteiger partial charge in [0.1, 0.15) is 0 Å². The number of carbonyl (C=O) groups excluding carboxylic acids is 1. The summed E-state index contributed by atoms with van der Waals surface area (Å²) in [5.41, 5.74) is 1.35. The molecule has 2 heterocycles. The highest BCUT2D eigenvalue weighted by molar-refractivity contribution is 7.10. The number of thiophene rings is 1. The molecule has 5 heteroatoms. The Morgan fingerprint density at radius 2 is 1.96 bits per heavy atom.